The first-order chi connectivity index (χ1) is 11.6. The second kappa shape index (κ2) is 7.13. The average molecular weight is 330 g/mol. The molecule has 3 rings (SSSR count). The fraction of sp³-hybridized carbons (Fsp3) is 0.500. The van der Waals surface area contributed by atoms with Crippen molar-refractivity contribution in [2.75, 3.05) is 32.6 Å². The summed E-state index contributed by atoms with van der Waals surface area (Å²) in [6, 6.07) is 8.25. The molecular formula is C18H26N4O2. The van der Waals surface area contributed by atoms with Crippen molar-refractivity contribution in [2.24, 2.45) is 5.92 Å². The first-order valence-electron chi connectivity index (χ1n) is 8.34. The molecule has 0 bridgehead atoms. The van der Waals surface area contributed by atoms with Gasteiger partial charge < -0.3 is 20.1 Å². The van der Waals surface area contributed by atoms with Crippen molar-refractivity contribution < 1.29 is 9.47 Å². The fourth-order valence-electron chi connectivity index (χ4n) is 3.15. The third-order valence-electron chi connectivity index (χ3n) is 4.52. The standard InChI is InChI=1S/C18H26N4O2/c1-12-7-18-20-10-14(11-22(18)21-12)9-19-13(2)16-6-5-15(23-3)8-17(16)24-4/h5-8,13-14,19-20H,9-11H2,1-4H3/t13-,14+/m1/s1. The maximum atomic E-state index is 5.50. The Hall–Kier alpha value is -2.21. The van der Waals surface area contributed by atoms with Crippen LogP contribution in [0.3, 0.4) is 0 Å². The summed E-state index contributed by atoms with van der Waals surface area (Å²) in [4.78, 5) is 0. The topological polar surface area (TPSA) is 60.3 Å². The number of nitrogens with zero attached hydrogens (tertiary/aromatic N) is 2. The van der Waals surface area contributed by atoms with Crippen molar-refractivity contribution in [1.82, 2.24) is 15.1 Å². The van der Waals surface area contributed by atoms with Gasteiger partial charge in [-0.1, -0.05) is 6.07 Å². The van der Waals surface area contributed by atoms with E-state index < -0.39 is 0 Å². The summed E-state index contributed by atoms with van der Waals surface area (Å²) < 4.78 is 12.8. The number of hydrogen-bond acceptors (Lipinski definition) is 5. The zero-order chi connectivity index (χ0) is 17.1. The molecule has 1 aromatic heterocycles. The minimum Gasteiger partial charge on any atom is -0.497 e. The van der Waals surface area contributed by atoms with Crippen LogP contribution < -0.4 is 20.1 Å². The van der Waals surface area contributed by atoms with E-state index in [2.05, 4.69) is 39.5 Å². The maximum Gasteiger partial charge on any atom is 0.127 e. The molecule has 0 saturated carbocycles. The van der Waals surface area contributed by atoms with Crippen LogP contribution in [0.2, 0.25) is 0 Å². The highest BCUT2D eigenvalue weighted by atomic mass is 16.5. The number of anilines is 1. The minimum atomic E-state index is 0.201. The quantitative estimate of drug-likeness (QED) is 0.852. The minimum absolute atomic E-state index is 0.201. The van der Waals surface area contributed by atoms with Crippen molar-refractivity contribution in [2.45, 2.75) is 26.4 Å². The van der Waals surface area contributed by atoms with Gasteiger partial charge >= 0.3 is 0 Å². The summed E-state index contributed by atoms with van der Waals surface area (Å²) in [6.07, 6.45) is 0. The number of fused-ring (bicyclic) bond motifs is 1. The Bertz CT molecular complexity index is 698. The Labute approximate surface area is 143 Å². The molecule has 1 aliphatic rings. The number of aryl methyl sites for hydroxylation is 1. The number of methoxy groups -OCH3 is 2. The molecule has 0 unspecified atom stereocenters. The molecule has 0 radical (unpaired) electrons. The van der Waals surface area contributed by atoms with Gasteiger partial charge in [0, 0.05) is 49.3 Å². The molecular weight excluding hydrogens is 304 g/mol. The summed E-state index contributed by atoms with van der Waals surface area (Å²) in [7, 11) is 3.36. The molecule has 2 aromatic rings. The normalized spacial score (nSPS) is 17.8. The van der Waals surface area contributed by atoms with Crippen LogP contribution in [0.4, 0.5) is 5.82 Å². The van der Waals surface area contributed by atoms with Gasteiger partial charge in [0.2, 0.25) is 0 Å². The molecule has 0 saturated heterocycles. The number of aromatic nitrogens is 2. The van der Waals surface area contributed by atoms with E-state index in [-0.39, 0.29) is 6.04 Å². The molecule has 0 fully saturated rings. The van der Waals surface area contributed by atoms with Crippen LogP contribution in [0.5, 0.6) is 11.5 Å². The molecule has 6 nitrogen and oxygen atoms in total. The van der Waals surface area contributed by atoms with E-state index in [4.69, 9.17) is 9.47 Å². The Morgan fingerprint density at radius 1 is 1.33 bits per heavy atom. The smallest absolute Gasteiger partial charge is 0.127 e. The van der Waals surface area contributed by atoms with Crippen molar-refractivity contribution in [3.63, 3.8) is 0 Å². The summed E-state index contributed by atoms with van der Waals surface area (Å²) in [6.45, 7) is 7.00. The third kappa shape index (κ3) is 3.48. The molecule has 130 valence electrons. The van der Waals surface area contributed by atoms with Crippen molar-refractivity contribution >= 4 is 5.82 Å². The van der Waals surface area contributed by atoms with Gasteiger partial charge in [0.15, 0.2) is 0 Å². The van der Waals surface area contributed by atoms with Crippen molar-refractivity contribution in [3.05, 3.63) is 35.5 Å². The van der Waals surface area contributed by atoms with Crippen LogP contribution >= 0.6 is 0 Å². The highest BCUT2D eigenvalue weighted by molar-refractivity contribution is 5.42. The van der Waals surface area contributed by atoms with Crippen LogP contribution in [-0.4, -0.2) is 37.1 Å². The molecule has 0 amide bonds. The Balaban J connectivity index is 1.61. The Morgan fingerprint density at radius 2 is 2.17 bits per heavy atom. The lowest BCUT2D eigenvalue weighted by Crippen LogP contribution is -2.36. The van der Waals surface area contributed by atoms with Gasteiger partial charge in [0.05, 0.1) is 19.9 Å². The van der Waals surface area contributed by atoms with E-state index in [1.165, 1.54) is 0 Å². The number of hydrogen-bond donors (Lipinski definition) is 2. The SMILES string of the molecule is COc1ccc([C@@H](C)NC[C@H]2CNc3cc(C)nn3C2)c(OC)c1. The predicted molar refractivity (Wildman–Crippen MR) is 94.9 cm³/mol. The van der Waals surface area contributed by atoms with Crippen LogP contribution in [0.1, 0.15) is 24.2 Å². The summed E-state index contributed by atoms with van der Waals surface area (Å²) in [5, 5.41) is 11.6. The average Bonchev–Trinajstić information content (AvgIpc) is 2.98. The number of benzene rings is 1. The molecule has 1 aliphatic heterocycles. The van der Waals surface area contributed by atoms with Gasteiger partial charge in [-0.3, -0.25) is 0 Å². The molecule has 2 N–H and O–H groups in total. The lowest BCUT2D eigenvalue weighted by molar-refractivity contribution is 0.364. The second-order valence-corrected chi connectivity index (χ2v) is 6.34. The molecule has 24 heavy (non-hydrogen) atoms. The first-order valence-corrected chi connectivity index (χ1v) is 8.34. The third-order valence-corrected chi connectivity index (χ3v) is 4.52. The van der Waals surface area contributed by atoms with E-state index in [0.29, 0.717) is 5.92 Å². The fourth-order valence-corrected chi connectivity index (χ4v) is 3.15. The van der Waals surface area contributed by atoms with Crippen LogP contribution in [0.15, 0.2) is 24.3 Å². The van der Waals surface area contributed by atoms with Crippen molar-refractivity contribution in [3.8, 4) is 11.5 Å². The van der Waals surface area contributed by atoms with Crippen molar-refractivity contribution in [1.29, 1.82) is 0 Å². The van der Waals surface area contributed by atoms with E-state index in [1.807, 2.05) is 19.1 Å². The van der Waals surface area contributed by atoms with Gasteiger partial charge in [-0.05, 0) is 19.9 Å². The molecule has 2 heterocycles. The van der Waals surface area contributed by atoms with Gasteiger partial charge in [-0.2, -0.15) is 5.10 Å². The lowest BCUT2D eigenvalue weighted by atomic mass is 10.0. The first kappa shape index (κ1) is 16.6. The van der Waals surface area contributed by atoms with Crippen LogP contribution in [0, 0.1) is 12.8 Å². The van der Waals surface area contributed by atoms with E-state index in [0.717, 1.165) is 48.2 Å². The summed E-state index contributed by atoms with van der Waals surface area (Å²) in [5.74, 6) is 3.28. The summed E-state index contributed by atoms with van der Waals surface area (Å²) >= 11 is 0. The van der Waals surface area contributed by atoms with E-state index >= 15 is 0 Å². The summed E-state index contributed by atoms with van der Waals surface area (Å²) in [5.41, 5.74) is 2.19. The Morgan fingerprint density at radius 3 is 2.92 bits per heavy atom. The van der Waals surface area contributed by atoms with E-state index in [1.54, 1.807) is 14.2 Å². The molecule has 0 spiro atoms. The van der Waals surface area contributed by atoms with Gasteiger partial charge in [0.1, 0.15) is 17.3 Å². The van der Waals surface area contributed by atoms with Crippen LogP contribution in [0.25, 0.3) is 0 Å². The zero-order valence-corrected chi connectivity index (χ0v) is 14.8. The van der Waals surface area contributed by atoms with Gasteiger partial charge in [-0.15, -0.1) is 0 Å². The lowest BCUT2D eigenvalue weighted by Gasteiger charge is -2.27. The van der Waals surface area contributed by atoms with Crippen LogP contribution in [-0.2, 0) is 6.54 Å². The maximum absolute atomic E-state index is 5.50. The zero-order valence-electron chi connectivity index (χ0n) is 14.8. The van der Waals surface area contributed by atoms with E-state index in [9.17, 15) is 0 Å². The van der Waals surface area contributed by atoms with Gasteiger partial charge in [0.25, 0.3) is 0 Å². The number of nitrogens with one attached hydrogen (secondary N) is 2. The monoisotopic (exact) mass is 330 g/mol. The predicted octanol–water partition coefficient (Wildman–Crippen LogP) is 2.60. The highest BCUT2D eigenvalue weighted by Crippen LogP contribution is 2.29. The Kier molecular flexibility index (Phi) is 4.94. The number of rotatable bonds is 6. The molecule has 6 heteroatoms. The number of ether oxygens (including phenoxy) is 2. The molecule has 0 aliphatic carbocycles. The highest BCUT2D eigenvalue weighted by Gasteiger charge is 2.20. The van der Waals surface area contributed by atoms with Gasteiger partial charge in [-0.25, -0.2) is 4.68 Å². The molecule has 1 aromatic carbocycles. The second-order valence-electron chi connectivity index (χ2n) is 6.34. The largest absolute Gasteiger partial charge is 0.497 e. The molecule has 2 atom stereocenters.